The minimum absolute atomic E-state index is 0.0167. The van der Waals surface area contributed by atoms with Crippen molar-refractivity contribution in [1.82, 2.24) is 0 Å². The van der Waals surface area contributed by atoms with Gasteiger partial charge in [-0.3, -0.25) is 14.2 Å². The van der Waals surface area contributed by atoms with Crippen LogP contribution in [0.3, 0.4) is 0 Å². The number of hydrogen-bond donors (Lipinski definition) is 1. The van der Waals surface area contributed by atoms with Crippen molar-refractivity contribution in [3.05, 3.63) is 72.9 Å². The molecule has 3 atom stereocenters. The van der Waals surface area contributed by atoms with Crippen molar-refractivity contribution >= 4 is 19.8 Å². The second-order valence-corrected chi connectivity index (χ2v) is 16.9. The number of aliphatic hydroxyl groups is 1. The SMILES string of the molecule is CC/C=C\C/C=C\C/C=C\C/C=C\C=C\C(O)C/C=C\CCC(=O)OC(COC(=O)CCCCCCCCCCCCCCC)COP(=O)([O-])OCC[N+](C)(C)C. The number of allylic oxidation sites excluding steroid dienone is 10. The first-order chi connectivity index (χ1) is 27.4. The number of likely N-dealkylation sites (N-methyl/N-ethyl adjacent to an activating group) is 1. The van der Waals surface area contributed by atoms with Gasteiger partial charge in [0.15, 0.2) is 6.10 Å². The van der Waals surface area contributed by atoms with Crippen LogP contribution in [0.25, 0.3) is 0 Å². The van der Waals surface area contributed by atoms with E-state index in [1.807, 2.05) is 39.4 Å². The molecule has 57 heavy (non-hydrogen) atoms. The van der Waals surface area contributed by atoms with Crippen molar-refractivity contribution in [2.75, 3.05) is 47.5 Å². The van der Waals surface area contributed by atoms with Crippen LogP contribution >= 0.6 is 7.82 Å². The lowest BCUT2D eigenvalue weighted by Crippen LogP contribution is -2.37. The van der Waals surface area contributed by atoms with Crippen LogP contribution in [0.4, 0.5) is 0 Å². The molecule has 0 fully saturated rings. The third-order valence-corrected chi connectivity index (χ3v) is 9.80. The van der Waals surface area contributed by atoms with E-state index >= 15 is 0 Å². The summed E-state index contributed by atoms with van der Waals surface area (Å²) in [5, 5.41) is 10.2. The summed E-state index contributed by atoms with van der Waals surface area (Å²) in [6.45, 7) is 3.89. The van der Waals surface area contributed by atoms with Gasteiger partial charge < -0.3 is 33.0 Å². The van der Waals surface area contributed by atoms with Crippen molar-refractivity contribution < 1.29 is 47.2 Å². The molecule has 3 unspecified atom stereocenters. The number of hydrogen-bond acceptors (Lipinski definition) is 9. The Morgan fingerprint density at radius 2 is 1.23 bits per heavy atom. The first kappa shape index (κ1) is 54.4. The average molecular weight is 822 g/mol. The maximum atomic E-state index is 12.6. The molecular formula is C46H80NO9P. The van der Waals surface area contributed by atoms with Crippen molar-refractivity contribution in [2.45, 2.75) is 161 Å². The third-order valence-electron chi connectivity index (χ3n) is 8.83. The first-order valence-electron chi connectivity index (χ1n) is 21.8. The molecule has 10 nitrogen and oxygen atoms in total. The number of phosphoric ester groups is 1. The Morgan fingerprint density at radius 1 is 0.667 bits per heavy atom. The van der Waals surface area contributed by atoms with Crippen molar-refractivity contribution in [3.8, 4) is 0 Å². The number of nitrogens with zero attached hydrogens (tertiary/aromatic N) is 1. The zero-order valence-electron chi connectivity index (χ0n) is 36.4. The van der Waals surface area contributed by atoms with Crippen LogP contribution in [0, 0.1) is 0 Å². The molecule has 0 heterocycles. The minimum atomic E-state index is -4.67. The summed E-state index contributed by atoms with van der Waals surface area (Å²) < 4.78 is 33.7. The molecule has 0 radical (unpaired) electrons. The molecule has 0 aliphatic carbocycles. The zero-order chi connectivity index (χ0) is 42.3. The molecule has 0 aliphatic rings. The van der Waals surface area contributed by atoms with E-state index in [0.29, 0.717) is 30.3 Å². The normalized spacial score (nSPS) is 14.9. The molecule has 0 aromatic carbocycles. The van der Waals surface area contributed by atoms with Gasteiger partial charge in [0, 0.05) is 12.8 Å². The maximum absolute atomic E-state index is 12.6. The Labute approximate surface area is 347 Å². The van der Waals surface area contributed by atoms with Gasteiger partial charge in [-0.25, -0.2) is 0 Å². The molecule has 0 saturated heterocycles. The number of esters is 2. The molecule has 0 bridgehead atoms. The fraction of sp³-hybridized carbons (Fsp3) is 0.696. The molecule has 0 rings (SSSR count). The van der Waals surface area contributed by atoms with Crippen molar-refractivity contribution in [3.63, 3.8) is 0 Å². The Hall–Kier alpha value is -2.59. The summed E-state index contributed by atoms with van der Waals surface area (Å²) in [6, 6.07) is 0. The minimum Gasteiger partial charge on any atom is -0.756 e. The lowest BCUT2D eigenvalue weighted by Gasteiger charge is -2.28. The highest BCUT2D eigenvalue weighted by Crippen LogP contribution is 2.38. The molecule has 11 heteroatoms. The van der Waals surface area contributed by atoms with Crippen molar-refractivity contribution in [1.29, 1.82) is 0 Å². The second-order valence-electron chi connectivity index (χ2n) is 15.5. The van der Waals surface area contributed by atoms with E-state index in [9.17, 15) is 24.2 Å². The van der Waals surface area contributed by atoms with Crippen LogP contribution in [0.15, 0.2) is 72.9 Å². The number of ether oxygens (including phenoxy) is 2. The number of carbonyl (C=O) groups excluding carboxylic acids is 2. The van der Waals surface area contributed by atoms with Crippen LogP contribution in [0.1, 0.15) is 149 Å². The Kier molecular flexibility index (Phi) is 36.0. The van der Waals surface area contributed by atoms with E-state index in [0.717, 1.165) is 44.9 Å². The lowest BCUT2D eigenvalue weighted by atomic mass is 10.0. The van der Waals surface area contributed by atoms with E-state index in [-0.39, 0.29) is 26.1 Å². The number of aliphatic hydroxyl groups excluding tert-OH is 1. The van der Waals surface area contributed by atoms with Crippen LogP contribution in [-0.2, 0) is 32.7 Å². The maximum Gasteiger partial charge on any atom is 0.306 e. The largest absolute Gasteiger partial charge is 0.756 e. The smallest absolute Gasteiger partial charge is 0.306 e. The Morgan fingerprint density at radius 3 is 1.81 bits per heavy atom. The van der Waals surface area contributed by atoms with Crippen LogP contribution in [-0.4, -0.2) is 81.2 Å². The second kappa shape index (κ2) is 37.7. The Balaban J connectivity index is 4.61. The lowest BCUT2D eigenvalue weighted by molar-refractivity contribution is -0.870. The number of rotatable bonds is 38. The molecule has 328 valence electrons. The summed E-state index contributed by atoms with van der Waals surface area (Å²) in [7, 11) is 1.05. The first-order valence-corrected chi connectivity index (χ1v) is 23.2. The highest BCUT2D eigenvalue weighted by Gasteiger charge is 2.21. The summed E-state index contributed by atoms with van der Waals surface area (Å²) in [4.78, 5) is 37.5. The standard InChI is InChI=1S/C46H80NO9P/c1-6-8-10-12-14-16-18-20-22-24-26-28-31-35-43(48)36-32-30-34-38-46(50)56-44(42-55-57(51,52)54-40-39-47(3,4)5)41-53-45(49)37-33-29-27-25-23-21-19-17-15-13-11-9-7-2/h8,10,14,16,20,22,26,28,30-32,35,43-44,48H,6-7,9,11-13,15,17-19,21,23-25,27,29,33-34,36-42H2,1-5H3/b10-8-,16-14-,22-20-,28-26-,32-30-,35-31+. The van der Waals surface area contributed by atoms with Gasteiger partial charge in [-0.15, -0.1) is 0 Å². The molecule has 0 aromatic rings. The van der Waals surface area contributed by atoms with Crippen LogP contribution in [0.5, 0.6) is 0 Å². The predicted octanol–water partition coefficient (Wildman–Crippen LogP) is 10.6. The number of unbranched alkanes of at least 4 members (excludes halogenated alkanes) is 12. The van der Waals surface area contributed by atoms with E-state index in [1.165, 1.54) is 57.8 Å². The zero-order valence-corrected chi connectivity index (χ0v) is 37.3. The van der Waals surface area contributed by atoms with Gasteiger partial charge in [0.05, 0.1) is 33.9 Å². The highest BCUT2D eigenvalue weighted by molar-refractivity contribution is 7.45. The molecule has 0 aliphatic heterocycles. The average Bonchev–Trinajstić information content (AvgIpc) is 3.15. The number of carbonyl (C=O) groups is 2. The predicted molar refractivity (Wildman–Crippen MR) is 232 cm³/mol. The fourth-order valence-corrected chi connectivity index (χ4v) is 6.14. The molecule has 0 amide bonds. The van der Waals surface area contributed by atoms with E-state index in [4.69, 9.17) is 18.5 Å². The number of quaternary nitrogens is 1. The molecular weight excluding hydrogens is 741 g/mol. The summed E-state index contributed by atoms with van der Waals surface area (Å²) in [6.07, 6.45) is 42.5. The van der Waals surface area contributed by atoms with E-state index in [2.05, 4.69) is 50.3 Å². The number of phosphoric acid groups is 1. The Bertz CT molecular complexity index is 1220. The molecule has 1 N–H and O–H groups in total. The van der Waals surface area contributed by atoms with Gasteiger partial charge in [0.2, 0.25) is 0 Å². The van der Waals surface area contributed by atoms with E-state index < -0.39 is 38.6 Å². The van der Waals surface area contributed by atoms with Crippen LogP contribution < -0.4 is 4.89 Å². The summed E-state index contributed by atoms with van der Waals surface area (Å²) >= 11 is 0. The van der Waals surface area contributed by atoms with Gasteiger partial charge >= 0.3 is 11.9 Å². The monoisotopic (exact) mass is 822 g/mol. The van der Waals surface area contributed by atoms with Gasteiger partial charge in [-0.2, -0.15) is 0 Å². The fourth-order valence-electron chi connectivity index (χ4n) is 5.41. The van der Waals surface area contributed by atoms with Gasteiger partial charge in [0.1, 0.15) is 19.8 Å². The van der Waals surface area contributed by atoms with Crippen molar-refractivity contribution in [2.24, 2.45) is 0 Å². The van der Waals surface area contributed by atoms with Gasteiger partial charge in [-0.1, -0.05) is 164 Å². The summed E-state index contributed by atoms with van der Waals surface area (Å²) in [5.74, 6) is -1.02. The summed E-state index contributed by atoms with van der Waals surface area (Å²) in [5.41, 5.74) is 0. The van der Waals surface area contributed by atoms with E-state index in [1.54, 1.807) is 18.2 Å². The molecule has 0 spiro atoms. The van der Waals surface area contributed by atoms with Crippen LogP contribution in [0.2, 0.25) is 0 Å². The molecule has 0 saturated carbocycles. The van der Waals surface area contributed by atoms with Gasteiger partial charge in [-0.05, 0) is 44.9 Å². The third kappa shape index (κ3) is 41.4. The topological polar surface area (TPSA) is 131 Å². The molecule has 0 aromatic heterocycles. The quantitative estimate of drug-likeness (QED) is 0.0161. The highest BCUT2D eigenvalue weighted by atomic mass is 31.2. The van der Waals surface area contributed by atoms with Gasteiger partial charge in [0.25, 0.3) is 7.82 Å².